The average molecular weight is 257 g/mol. The van der Waals surface area contributed by atoms with E-state index in [0.717, 1.165) is 16.9 Å². The normalized spacial score (nSPS) is 11.9. The molecule has 2 rings (SSSR count). The van der Waals surface area contributed by atoms with Crippen LogP contribution in [0.5, 0.6) is 5.75 Å². The summed E-state index contributed by atoms with van der Waals surface area (Å²) in [7, 11) is 1.60. The van der Waals surface area contributed by atoms with Gasteiger partial charge in [-0.2, -0.15) is 0 Å². The Morgan fingerprint density at radius 1 is 1.16 bits per heavy atom. The summed E-state index contributed by atoms with van der Waals surface area (Å²) >= 11 is 0. The Morgan fingerprint density at radius 2 is 1.84 bits per heavy atom. The standard InChI is InChI=1S/C15H15NO3/c1-19-13-4-2-3-12(9-13)14(16)10-5-7-11(8-6-10)15(17)18/h2-9,14H,16H2,1H3,(H,17,18). The summed E-state index contributed by atoms with van der Waals surface area (Å²) in [6.45, 7) is 0. The molecular weight excluding hydrogens is 242 g/mol. The van der Waals surface area contributed by atoms with Crippen LogP contribution in [0.15, 0.2) is 48.5 Å². The van der Waals surface area contributed by atoms with Crippen molar-refractivity contribution >= 4 is 5.97 Å². The second kappa shape index (κ2) is 5.54. The van der Waals surface area contributed by atoms with Gasteiger partial charge in [0.05, 0.1) is 18.7 Å². The average Bonchev–Trinajstić information content (AvgIpc) is 2.46. The van der Waals surface area contributed by atoms with E-state index >= 15 is 0 Å². The van der Waals surface area contributed by atoms with Crippen molar-refractivity contribution in [3.63, 3.8) is 0 Å². The number of benzene rings is 2. The first-order chi connectivity index (χ1) is 9.11. The topological polar surface area (TPSA) is 72.5 Å². The van der Waals surface area contributed by atoms with Crippen LogP contribution in [-0.4, -0.2) is 18.2 Å². The number of aromatic carboxylic acids is 1. The molecule has 0 heterocycles. The number of ether oxygens (including phenoxy) is 1. The minimum atomic E-state index is -0.943. The molecule has 0 aromatic heterocycles. The largest absolute Gasteiger partial charge is 0.497 e. The minimum Gasteiger partial charge on any atom is -0.497 e. The first kappa shape index (κ1) is 13.1. The molecule has 0 aliphatic carbocycles. The van der Waals surface area contributed by atoms with Crippen LogP contribution < -0.4 is 10.5 Å². The number of rotatable bonds is 4. The highest BCUT2D eigenvalue weighted by Gasteiger charge is 2.10. The van der Waals surface area contributed by atoms with Crippen molar-refractivity contribution in [2.75, 3.05) is 7.11 Å². The molecule has 0 fully saturated rings. The van der Waals surface area contributed by atoms with E-state index in [1.165, 1.54) is 0 Å². The predicted octanol–water partition coefficient (Wildman–Crippen LogP) is 2.44. The summed E-state index contributed by atoms with van der Waals surface area (Å²) in [5, 5.41) is 8.85. The SMILES string of the molecule is COc1cccc(C(N)c2ccc(C(=O)O)cc2)c1. The van der Waals surface area contributed by atoms with Crippen LogP contribution >= 0.6 is 0 Å². The molecule has 98 valence electrons. The Morgan fingerprint density at radius 3 is 2.42 bits per heavy atom. The number of methoxy groups -OCH3 is 1. The van der Waals surface area contributed by atoms with E-state index in [0.29, 0.717) is 0 Å². The number of carboxylic acid groups (broad SMARTS) is 1. The summed E-state index contributed by atoms with van der Waals surface area (Å²) in [6, 6.07) is 13.8. The second-order valence-electron chi connectivity index (χ2n) is 4.18. The monoisotopic (exact) mass is 257 g/mol. The van der Waals surface area contributed by atoms with Crippen LogP contribution in [0.2, 0.25) is 0 Å². The van der Waals surface area contributed by atoms with Gasteiger partial charge in [0.25, 0.3) is 0 Å². The van der Waals surface area contributed by atoms with Crippen LogP contribution in [0, 0.1) is 0 Å². The Kier molecular flexibility index (Phi) is 3.82. The first-order valence-corrected chi connectivity index (χ1v) is 5.84. The third kappa shape index (κ3) is 2.92. The summed E-state index contributed by atoms with van der Waals surface area (Å²) in [5.74, 6) is -0.198. The van der Waals surface area contributed by atoms with Crippen LogP contribution in [0.1, 0.15) is 27.5 Å². The molecule has 0 amide bonds. The molecule has 2 aromatic rings. The maximum Gasteiger partial charge on any atom is 0.335 e. The lowest BCUT2D eigenvalue weighted by molar-refractivity contribution is 0.0697. The van der Waals surface area contributed by atoms with Crippen molar-refractivity contribution in [2.24, 2.45) is 5.73 Å². The number of hydrogen-bond acceptors (Lipinski definition) is 3. The van der Waals surface area contributed by atoms with E-state index in [9.17, 15) is 4.79 Å². The van der Waals surface area contributed by atoms with Gasteiger partial charge in [-0.25, -0.2) is 4.79 Å². The van der Waals surface area contributed by atoms with Gasteiger partial charge in [-0.1, -0.05) is 24.3 Å². The van der Waals surface area contributed by atoms with Gasteiger partial charge in [-0.15, -0.1) is 0 Å². The Balaban J connectivity index is 2.27. The van der Waals surface area contributed by atoms with E-state index in [1.54, 1.807) is 31.4 Å². The maximum atomic E-state index is 10.8. The molecule has 1 unspecified atom stereocenters. The van der Waals surface area contributed by atoms with Gasteiger partial charge < -0.3 is 15.6 Å². The molecular formula is C15H15NO3. The molecule has 2 aromatic carbocycles. The number of nitrogens with two attached hydrogens (primary N) is 1. The molecule has 0 spiro atoms. The zero-order chi connectivity index (χ0) is 13.8. The lowest BCUT2D eigenvalue weighted by Gasteiger charge is -2.13. The molecule has 0 aliphatic rings. The maximum absolute atomic E-state index is 10.8. The summed E-state index contributed by atoms with van der Waals surface area (Å²) in [4.78, 5) is 10.8. The van der Waals surface area contributed by atoms with Gasteiger partial charge in [0.1, 0.15) is 5.75 Å². The van der Waals surface area contributed by atoms with Crippen molar-refractivity contribution in [2.45, 2.75) is 6.04 Å². The highest BCUT2D eigenvalue weighted by molar-refractivity contribution is 5.87. The molecule has 4 nitrogen and oxygen atoms in total. The van der Waals surface area contributed by atoms with Gasteiger partial charge in [0.15, 0.2) is 0 Å². The predicted molar refractivity (Wildman–Crippen MR) is 72.4 cm³/mol. The summed E-state index contributed by atoms with van der Waals surface area (Å²) in [6.07, 6.45) is 0. The van der Waals surface area contributed by atoms with Crippen LogP contribution in [0.3, 0.4) is 0 Å². The van der Waals surface area contributed by atoms with Gasteiger partial charge in [0.2, 0.25) is 0 Å². The zero-order valence-corrected chi connectivity index (χ0v) is 10.5. The summed E-state index contributed by atoms with van der Waals surface area (Å²) in [5.41, 5.74) is 8.19. The van der Waals surface area contributed by atoms with Crippen molar-refractivity contribution in [1.29, 1.82) is 0 Å². The number of carboxylic acids is 1. The molecule has 0 aliphatic heterocycles. The van der Waals surface area contributed by atoms with E-state index in [4.69, 9.17) is 15.6 Å². The van der Waals surface area contributed by atoms with E-state index in [2.05, 4.69) is 0 Å². The third-order valence-electron chi connectivity index (χ3n) is 2.97. The molecule has 4 heteroatoms. The highest BCUT2D eigenvalue weighted by atomic mass is 16.5. The zero-order valence-electron chi connectivity index (χ0n) is 10.5. The molecule has 0 bridgehead atoms. The molecule has 1 atom stereocenters. The van der Waals surface area contributed by atoms with E-state index in [-0.39, 0.29) is 11.6 Å². The summed E-state index contributed by atoms with van der Waals surface area (Å²) < 4.78 is 5.16. The van der Waals surface area contributed by atoms with Crippen molar-refractivity contribution in [1.82, 2.24) is 0 Å². The molecule has 0 radical (unpaired) electrons. The number of hydrogen-bond donors (Lipinski definition) is 2. The third-order valence-corrected chi connectivity index (χ3v) is 2.97. The van der Waals surface area contributed by atoms with Gasteiger partial charge in [0, 0.05) is 0 Å². The van der Waals surface area contributed by atoms with Crippen LogP contribution in [0.25, 0.3) is 0 Å². The number of carbonyl (C=O) groups is 1. The Bertz CT molecular complexity index is 578. The molecule has 19 heavy (non-hydrogen) atoms. The fourth-order valence-corrected chi connectivity index (χ4v) is 1.86. The van der Waals surface area contributed by atoms with Crippen LogP contribution in [-0.2, 0) is 0 Å². The van der Waals surface area contributed by atoms with Gasteiger partial charge >= 0.3 is 5.97 Å². The lowest BCUT2D eigenvalue weighted by atomic mass is 9.98. The lowest BCUT2D eigenvalue weighted by Crippen LogP contribution is -2.12. The highest BCUT2D eigenvalue weighted by Crippen LogP contribution is 2.23. The van der Waals surface area contributed by atoms with Gasteiger partial charge in [-0.3, -0.25) is 0 Å². The van der Waals surface area contributed by atoms with Crippen molar-refractivity contribution in [3.05, 3.63) is 65.2 Å². The Labute approximate surface area is 111 Å². The van der Waals surface area contributed by atoms with E-state index in [1.807, 2.05) is 24.3 Å². The first-order valence-electron chi connectivity index (χ1n) is 5.84. The van der Waals surface area contributed by atoms with Crippen molar-refractivity contribution in [3.8, 4) is 5.75 Å². The Hall–Kier alpha value is -2.33. The smallest absolute Gasteiger partial charge is 0.335 e. The minimum absolute atomic E-state index is 0.251. The molecule has 0 saturated carbocycles. The molecule has 0 saturated heterocycles. The fraction of sp³-hybridized carbons (Fsp3) is 0.133. The molecule has 3 N–H and O–H groups in total. The van der Waals surface area contributed by atoms with Gasteiger partial charge in [-0.05, 0) is 35.4 Å². The van der Waals surface area contributed by atoms with Crippen molar-refractivity contribution < 1.29 is 14.6 Å². The fourth-order valence-electron chi connectivity index (χ4n) is 1.86. The second-order valence-corrected chi connectivity index (χ2v) is 4.18. The van der Waals surface area contributed by atoms with Crippen LogP contribution in [0.4, 0.5) is 0 Å². The quantitative estimate of drug-likeness (QED) is 0.882. The van der Waals surface area contributed by atoms with E-state index < -0.39 is 5.97 Å².